The van der Waals surface area contributed by atoms with Gasteiger partial charge in [0, 0.05) is 34.5 Å². The Bertz CT molecular complexity index is 911. The van der Waals surface area contributed by atoms with Crippen LogP contribution in [-0.2, 0) is 0 Å². The lowest BCUT2D eigenvalue weighted by Crippen LogP contribution is -2.31. The molecule has 1 unspecified atom stereocenters. The molecule has 0 saturated carbocycles. The topological polar surface area (TPSA) is 42.4 Å². The van der Waals surface area contributed by atoms with Gasteiger partial charge in [-0.1, -0.05) is 34.1 Å². The maximum absolute atomic E-state index is 12.6. The van der Waals surface area contributed by atoms with E-state index in [1.54, 1.807) is 0 Å². The number of rotatable bonds is 3. The summed E-state index contributed by atoms with van der Waals surface area (Å²) in [4.78, 5) is 19.0. The van der Waals surface area contributed by atoms with Crippen LogP contribution in [0.5, 0.6) is 5.88 Å². The first kappa shape index (κ1) is 16.1. The number of amides is 1. The third-order valence-electron chi connectivity index (χ3n) is 4.38. The molecular weight excluding hydrogens is 380 g/mol. The van der Waals surface area contributed by atoms with Crippen molar-refractivity contribution < 1.29 is 9.53 Å². The van der Waals surface area contributed by atoms with Crippen LogP contribution in [0.25, 0.3) is 10.9 Å². The number of nitrogens with zero attached hydrogens (tertiary/aromatic N) is 2. The second-order valence-electron chi connectivity index (χ2n) is 6.13. The second-order valence-corrected chi connectivity index (χ2v) is 7.04. The van der Waals surface area contributed by atoms with Crippen molar-refractivity contribution in [3.63, 3.8) is 0 Å². The third kappa shape index (κ3) is 3.51. The highest BCUT2D eigenvalue weighted by Crippen LogP contribution is 2.21. The minimum Gasteiger partial charge on any atom is -0.472 e. The summed E-state index contributed by atoms with van der Waals surface area (Å²) in [7, 11) is 0. The number of hydrogen-bond donors (Lipinski definition) is 0. The molecule has 2 heterocycles. The summed E-state index contributed by atoms with van der Waals surface area (Å²) in [5.41, 5.74) is 1.62. The number of likely N-dealkylation sites (tertiary alicyclic amines) is 1. The lowest BCUT2D eigenvalue weighted by atomic mass is 10.2. The number of carbonyl (C=O) groups excluding carboxylic acids is 1. The molecule has 0 N–H and O–H groups in total. The maximum Gasteiger partial charge on any atom is 0.253 e. The summed E-state index contributed by atoms with van der Waals surface area (Å²) in [5, 5.41) is 1.09. The molecule has 1 aromatic heterocycles. The van der Waals surface area contributed by atoms with E-state index < -0.39 is 0 Å². The summed E-state index contributed by atoms with van der Waals surface area (Å²) >= 11 is 3.39. The first-order valence-electron chi connectivity index (χ1n) is 8.26. The van der Waals surface area contributed by atoms with Crippen molar-refractivity contribution >= 4 is 32.7 Å². The van der Waals surface area contributed by atoms with E-state index in [9.17, 15) is 4.79 Å². The van der Waals surface area contributed by atoms with Crippen LogP contribution in [0.3, 0.4) is 0 Å². The van der Waals surface area contributed by atoms with Crippen molar-refractivity contribution in [2.24, 2.45) is 0 Å². The zero-order valence-electron chi connectivity index (χ0n) is 13.6. The Morgan fingerprint density at radius 1 is 1.08 bits per heavy atom. The summed E-state index contributed by atoms with van der Waals surface area (Å²) in [6.07, 6.45) is 0.796. The number of halogens is 1. The van der Waals surface area contributed by atoms with Crippen LogP contribution < -0.4 is 4.74 Å². The largest absolute Gasteiger partial charge is 0.472 e. The van der Waals surface area contributed by atoms with E-state index in [1.165, 1.54) is 0 Å². The Morgan fingerprint density at radius 3 is 2.72 bits per heavy atom. The number of ether oxygens (including phenoxy) is 1. The molecule has 1 fully saturated rings. The quantitative estimate of drug-likeness (QED) is 0.662. The van der Waals surface area contributed by atoms with E-state index in [1.807, 2.05) is 65.6 Å². The number of para-hydroxylation sites is 1. The molecule has 5 heteroatoms. The van der Waals surface area contributed by atoms with Crippen LogP contribution >= 0.6 is 15.9 Å². The fourth-order valence-corrected chi connectivity index (χ4v) is 3.33. The van der Waals surface area contributed by atoms with Crippen LogP contribution in [0.2, 0.25) is 0 Å². The molecule has 2 aromatic carbocycles. The van der Waals surface area contributed by atoms with Gasteiger partial charge in [-0.2, -0.15) is 0 Å². The molecule has 1 amide bonds. The Kier molecular flexibility index (Phi) is 4.40. The van der Waals surface area contributed by atoms with Crippen molar-refractivity contribution in [3.8, 4) is 5.88 Å². The van der Waals surface area contributed by atoms with Gasteiger partial charge < -0.3 is 9.64 Å². The van der Waals surface area contributed by atoms with Gasteiger partial charge in [-0.3, -0.25) is 4.79 Å². The van der Waals surface area contributed by atoms with Gasteiger partial charge in [0.05, 0.1) is 12.1 Å². The van der Waals surface area contributed by atoms with Crippen molar-refractivity contribution in [3.05, 3.63) is 70.7 Å². The van der Waals surface area contributed by atoms with Gasteiger partial charge in [0.1, 0.15) is 6.10 Å². The fourth-order valence-electron chi connectivity index (χ4n) is 3.07. The number of hydrogen-bond acceptors (Lipinski definition) is 3. The number of pyridine rings is 1. The van der Waals surface area contributed by atoms with E-state index in [2.05, 4.69) is 20.9 Å². The number of benzene rings is 2. The van der Waals surface area contributed by atoms with Crippen LogP contribution in [-0.4, -0.2) is 35.0 Å². The van der Waals surface area contributed by atoms with Gasteiger partial charge in [0.2, 0.25) is 5.88 Å². The Hall–Kier alpha value is -2.40. The van der Waals surface area contributed by atoms with Crippen molar-refractivity contribution in [1.29, 1.82) is 0 Å². The molecule has 0 spiro atoms. The molecule has 0 aliphatic carbocycles. The van der Waals surface area contributed by atoms with E-state index in [0.717, 1.165) is 21.8 Å². The van der Waals surface area contributed by atoms with Gasteiger partial charge in [-0.25, -0.2) is 4.98 Å². The van der Waals surface area contributed by atoms with Crippen LogP contribution in [0.15, 0.2) is 65.1 Å². The molecule has 1 saturated heterocycles. The summed E-state index contributed by atoms with van der Waals surface area (Å²) in [5.74, 6) is 0.659. The standard InChI is InChI=1S/C20H17BrN2O2/c21-16-8-5-15(6-9-16)20(24)23-12-11-17(13-23)25-19-10-7-14-3-1-2-4-18(14)22-19/h1-10,17H,11-13H2. The Balaban J connectivity index is 1.43. The molecule has 126 valence electrons. The number of fused-ring (bicyclic) bond motifs is 1. The fraction of sp³-hybridized carbons (Fsp3) is 0.200. The number of carbonyl (C=O) groups is 1. The van der Waals surface area contributed by atoms with Crippen LogP contribution in [0.4, 0.5) is 0 Å². The van der Waals surface area contributed by atoms with E-state index in [0.29, 0.717) is 24.5 Å². The summed E-state index contributed by atoms with van der Waals surface area (Å²) < 4.78 is 6.97. The van der Waals surface area contributed by atoms with Gasteiger partial charge in [-0.15, -0.1) is 0 Å². The lowest BCUT2D eigenvalue weighted by Gasteiger charge is -2.17. The molecule has 3 aromatic rings. The summed E-state index contributed by atoms with van der Waals surface area (Å²) in [6.45, 7) is 1.29. The molecule has 0 radical (unpaired) electrons. The monoisotopic (exact) mass is 396 g/mol. The average Bonchev–Trinajstić information content (AvgIpc) is 3.10. The van der Waals surface area contributed by atoms with Gasteiger partial charge in [0.15, 0.2) is 0 Å². The maximum atomic E-state index is 12.6. The SMILES string of the molecule is O=C(c1ccc(Br)cc1)N1CCC(Oc2ccc3ccccc3n2)C1. The third-order valence-corrected chi connectivity index (χ3v) is 4.91. The second kappa shape index (κ2) is 6.84. The Morgan fingerprint density at radius 2 is 1.88 bits per heavy atom. The lowest BCUT2D eigenvalue weighted by molar-refractivity contribution is 0.0771. The van der Waals surface area contributed by atoms with Crippen molar-refractivity contribution in [2.75, 3.05) is 13.1 Å². The normalized spacial score (nSPS) is 17.0. The molecule has 1 aliphatic heterocycles. The van der Waals surface area contributed by atoms with E-state index in [4.69, 9.17) is 4.74 Å². The predicted molar refractivity (Wildman–Crippen MR) is 101 cm³/mol. The minimum absolute atomic E-state index is 0.0203. The molecule has 1 atom stereocenters. The number of aromatic nitrogens is 1. The predicted octanol–water partition coefficient (Wildman–Crippen LogP) is 4.29. The van der Waals surface area contributed by atoms with E-state index in [-0.39, 0.29) is 12.0 Å². The molecule has 0 bridgehead atoms. The highest BCUT2D eigenvalue weighted by Gasteiger charge is 2.28. The molecule has 1 aliphatic rings. The zero-order valence-corrected chi connectivity index (χ0v) is 15.1. The average molecular weight is 397 g/mol. The molecule has 4 nitrogen and oxygen atoms in total. The van der Waals surface area contributed by atoms with E-state index >= 15 is 0 Å². The first-order valence-corrected chi connectivity index (χ1v) is 9.06. The molecule has 4 rings (SSSR count). The van der Waals surface area contributed by atoms with Crippen LogP contribution in [0, 0.1) is 0 Å². The smallest absolute Gasteiger partial charge is 0.253 e. The summed E-state index contributed by atoms with van der Waals surface area (Å²) in [6, 6.07) is 19.3. The van der Waals surface area contributed by atoms with Gasteiger partial charge >= 0.3 is 0 Å². The highest BCUT2D eigenvalue weighted by atomic mass is 79.9. The minimum atomic E-state index is -0.0203. The first-order chi connectivity index (χ1) is 12.2. The van der Waals surface area contributed by atoms with Gasteiger partial charge in [0.25, 0.3) is 5.91 Å². The van der Waals surface area contributed by atoms with Gasteiger partial charge in [-0.05, 0) is 36.4 Å². The zero-order chi connectivity index (χ0) is 17.2. The molecule has 25 heavy (non-hydrogen) atoms. The van der Waals surface area contributed by atoms with Crippen molar-refractivity contribution in [1.82, 2.24) is 9.88 Å². The van der Waals surface area contributed by atoms with Crippen molar-refractivity contribution in [2.45, 2.75) is 12.5 Å². The molecular formula is C20H17BrN2O2. The highest BCUT2D eigenvalue weighted by molar-refractivity contribution is 9.10. The Labute approximate surface area is 154 Å². The van der Waals surface area contributed by atoms with Crippen LogP contribution in [0.1, 0.15) is 16.8 Å².